The summed E-state index contributed by atoms with van der Waals surface area (Å²) in [6, 6.07) is 9.00. The average molecular weight is 276 g/mol. The number of amides is 1. The van der Waals surface area contributed by atoms with Crippen molar-refractivity contribution in [3.63, 3.8) is 0 Å². The van der Waals surface area contributed by atoms with Crippen molar-refractivity contribution in [1.29, 1.82) is 0 Å². The van der Waals surface area contributed by atoms with E-state index in [2.05, 4.69) is 0 Å². The van der Waals surface area contributed by atoms with E-state index in [0.29, 0.717) is 19.4 Å². The fraction of sp³-hybridized carbons (Fsp3) is 0.467. The van der Waals surface area contributed by atoms with Gasteiger partial charge in [-0.05, 0) is 24.8 Å². The summed E-state index contributed by atoms with van der Waals surface area (Å²) in [5.41, 5.74) is 6.98. The van der Waals surface area contributed by atoms with E-state index in [0.717, 1.165) is 12.0 Å². The van der Waals surface area contributed by atoms with Crippen molar-refractivity contribution in [3.8, 4) is 0 Å². The molecule has 0 spiro atoms. The predicted octanol–water partition coefficient (Wildman–Crippen LogP) is 0.880. The second-order valence-corrected chi connectivity index (χ2v) is 5.26. The van der Waals surface area contributed by atoms with Crippen LogP contribution in [-0.4, -0.2) is 41.0 Å². The molecule has 0 unspecified atom stereocenters. The molecule has 5 nitrogen and oxygen atoms in total. The summed E-state index contributed by atoms with van der Waals surface area (Å²) < 4.78 is 0. The lowest BCUT2D eigenvalue weighted by atomic mass is 9.97. The van der Waals surface area contributed by atoms with Crippen LogP contribution in [0.15, 0.2) is 30.3 Å². The van der Waals surface area contributed by atoms with Gasteiger partial charge in [0.15, 0.2) is 0 Å². The number of carbonyl (C=O) groups is 2. The lowest BCUT2D eigenvalue weighted by Gasteiger charge is -2.32. The quantitative estimate of drug-likeness (QED) is 0.855. The zero-order chi connectivity index (χ0) is 14.5. The lowest BCUT2D eigenvalue weighted by Crippen LogP contribution is -2.49. The molecule has 1 aliphatic rings. The number of nitrogens with zero attached hydrogens (tertiary/aromatic N) is 1. The summed E-state index contributed by atoms with van der Waals surface area (Å²) in [5.74, 6) is -1.45. The normalized spacial score (nSPS) is 20.4. The first-order valence-corrected chi connectivity index (χ1v) is 6.89. The molecule has 1 fully saturated rings. The summed E-state index contributed by atoms with van der Waals surface area (Å²) >= 11 is 0. The molecule has 1 aromatic rings. The van der Waals surface area contributed by atoms with Crippen LogP contribution in [0.4, 0.5) is 0 Å². The van der Waals surface area contributed by atoms with Gasteiger partial charge in [0.05, 0.1) is 12.0 Å². The minimum absolute atomic E-state index is 0.153. The maximum Gasteiger partial charge on any atom is 0.308 e. The van der Waals surface area contributed by atoms with E-state index in [1.807, 2.05) is 30.3 Å². The van der Waals surface area contributed by atoms with E-state index in [1.165, 1.54) is 0 Å². The molecule has 20 heavy (non-hydrogen) atoms. The van der Waals surface area contributed by atoms with E-state index in [9.17, 15) is 9.59 Å². The smallest absolute Gasteiger partial charge is 0.308 e. The number of nitrogens with two attached hydrogens (primary N) is 1. The van der Waals surface area contributed by atoms with Crippen molar-refractivity contribution >= 4 is 11.9 Å². The van der Waals surface area contributed by atoms with Crippen LogP contribution in [-0.2, 0) is 16.0 Å². The molecule has 1 aromatic carbocycles. The highest BCUT2D eigenvalue weighted by Crippen LogP contribution is 2.17. The van der Waals surface area contributed by atoms with Crippen LogP contribution >= 0.6 is 0 Å². The number of benzene rings is 1. The van der Waals surface area contributed by atoms with Crippen molar-refractivity contribution < 1.29 is 14.7 Å². The molecule has 2 atom stereocenters. The molecule has 2 rings (SSSR count). The minimum atomic E-state index is -0.834. The van der Waals surface area contributed by atoms with E-state index in [-0.39, 0.29) is 12.5 Å². The number of hydrogen-bond donors (Lipinski definition) is 2. The molecule has 3 N–H and O–H groups in total. The van der Waals surface area contributed by atoms with Crippen LogP contribution in [0, 0.1) is 5.92 Å². The van der Waals surface area contributed by atoms with Gasteiger partial charge in [-0.1, -0.05) is 30.3 Å². The second kappa shape index (κ2) is 6.52. The van der Waals surface area contributed by atoms with Crippen molar-refractivity contribution in [3.05, 3.63) is 35.9 Å². The van der Waals surface area contributed by atoms with Gasteiger partial charge in [0, 0.05) is 13.1 Å². The fourth-order valence-electron chi connectivity index (χ4n) is 2.57. The summed E-state index contributed by atoms with van der Waals surface area (Å²) in [6.45, 7) is 0.877. The van der Waals surface area contributed by atoms with Crippen LogP contribution in [0.3, 0.4) is 0 Å². The van der Waals surface area contributed by atoms with Gasteiger partial charge >= 0.3 is 5.97 Å². The molecule has 5 heteroatoms. The number of hydrogen-bond acceptors (Lipinski definition) is 3. The summed E-state index contributed by atoms with van der Waals surface area (Å²) in [4.78, 5) is 24.9. The van der Waals surface area contributed by atoms with Gasteiger partial charge in [-0.15, -0.1) is 0 Å². The van der Waals surface area contributed by atoms with Gasteiger partial charge in [-0.25, -0.2) is 0 Å². The number of carboxylic acids is 1. The topological polar surface area (TPSA) is 83.6 Å². The van der Waals surface area contributed by atoms with Gasteiger partial charge in [0.1, 0.15) is 0 Å². The van der Waals surface area contributed by atoms with Gasteiger partial charge in [0.25, 0.3) is 0 Å². The first-order chi connectivity index (χ1) is 9.58. The summed E-state index contributed by atoms with van der Waals surface area (Å²) in [6.07, 6.45) is 1.84. The number of aliphatic carboxylic acids is 1. The number of piperidine rings is 1. The number of carboxylic acid groups (broad SMARTS) is 1. The molecule has 1 saturated heterocycles. The Morgan fingerprint density at radius 2 is 2.05 bits per heavy atom. The molecule has 0 radical (unpaired) electrons. The van der Waals surface area contributed by atoms with Crippen LogP contribution in [0.25, 0.3) is 0 Å². The third-order valence-electron chi connectivity index (χ3n) is 3.70. The molecule has 1 amide bonds. The molecular formula is C15H20N2O3. The lowest BCUT2D eigenvalue weighted by molar-refractivity contribution is -0.146. The van der Waals surface area contributed by atoms with Gasteiger partial charge in [0.2, 0.25) is 5.91 Å². The standard InChI is InChI=1S/C15H20N2O3/c16-13(9-11-5-2-1-3-6-11)14(18)17-8-4-7-12(10-17)15(19)20/h1-3,5-6,12-13H,4,7-10,16H2,(H,19,20)/t12-,13+/m1/s1. The molecular weight excluding hydrogens is 256 g/mol. The highest BCUT2D eigenvalue weighted by atomic mass is 16.4. The third kappa shape index (κ3) is 3.57. The Labute approximate surface area is 118 Å². The largest absolute Gasteiger partial charge is 0.481 e. The molecule has 0 aliphatic carbocycles. The molecule has 0 aromatic heterocycles. The Balaban J connectivity index is 1.94. The van der Waals surface area contributed by atoms with Gasteiger partial charge < -0.3 is 15.7 Å². The van der Waals surface area contributed by atoms with Crippen LogP contribution in [0.1, 0.15) is 18.4 Å². The monoisotopic (exact) mass is 276 g/mol. The van der Waals surface area contributed by atoms with Crippen molar-refractivity contribution in [2.45, 2.75) is 25.3 Å². The highest BCUT2D eigenvalue weighted by Gasteiger charge is 2.30. The Morgan fingerprint density at radius 1 is 1.35 bits per heavy atom. The zero-order valence-electron chi connectivity index (χ0n) is 11.4. The zero-order valence-corrected chi connectivity index (χ0v) is 11.4. The van der Waals surface area contributed by atoms with E-state index >= 15 is 0 Å². The summed E-state index contributed by atoms with van der Waals surface area (Å²) in [5, 5.41) is 9.04. The molecule has 0 bridgehead atoms. The molecule has 108 valence electrons. The Hall–Kier alpha value is -1.88. The van der Waals surface area contributed by atoms with Crippen molar-refractivity contribution in [1.82, 2.24) is 4.90 Å². The first-order valence-electron chi connectivity index (χ1n) is 6.89. The van der Waals surface area contributed by atoms with E-state index < -0.39 is 17.9 Å². The van der Waals surface area contributed by atoms with Crippen LogP contribution in [0.2, 0.25) is 0 Å². The maximum absolute atomic E-state index is 12.3. The number of likely N-dealkylation sites (tertiary alicyclic amines) is 1. The Kier molecular flexibility index (Phi) is 4.74. The molecule has 0 saturated carbocycles. The van der Waals surface area contributed by atoms with Crippen molar-refractivity contribution in [2.24, 2.45) is 11.7 Å². The number of rotatable bonds is 4. The summed E-state index contributed by atoms with van der Waals surface area (Å²) in [7, 11) is 0. The Bertz CT molecular complexity index is 475. The second-order valence-electron chi connectivity index (χ2n) is 5.26. The first kappa shape index (κ1) is 14.5. The predicted molar refractivity (Wildman–Crippen MR) is 75.1 cm³/mol. The SMILES string of the molecule is N[C@@H](Cc1ccccc1)C(=O)N1CCC[C@@H](C(=O)O)C1. The fourth-order valence-corrected chi connectivity index (χ4v) is 2.57. The highest BCUT2D eigenvalue weighted by molar-refractivity contribution is 5.83. The van der Waals surface area contributed by atoms with E-state index in [4.69, 9.17) is 10.8 Å². The molecule has 1 aliphatic heterocycles. The van der Waals surface area contributed by atoms with Crippen LogP contribution < -0.4 is 5.73 Å². The minimum Gasteiger partial charge on any atom is -0.481 e. The number of carbonyl (C=O) groups excluding carboxylic acids is 1. The average Bonchev–Trinajstić information content (AvgIpc) is 2.47. The van der Waals surface area contributed by atoms with Gasteiger partial charge in [-0.2, -0.15) is 0 Å². The Morgan fingerprint density at radius 3 is 2.70 bits per heavy atom. The van der Waals surface area contributed by atoms with Gasteiger partial charge in [-0.3, -0.25) is 9.59 Å². The maximum atomic E-state index is 12.3. The molecule has 1 heterocycles. The van der Waals surface area contributed by atoms with Crippen LogP contribution in [0.5, 0.6) is 0 Å². The van der Waals surface area contributed by atoms with E-state index in [1.54, 1.807) is 4.90 Å². The van der Waals surface area contributed by atoms with Crippen molar-refractivity contribution in [2.75, 3.05) is 13.1 Å². The third-order valence-corrected chi connectivity index (χ3v) is 3.70.